The van der Waals surface area contributed by atoms with Gasteiger partial charge in [-0.1, -0.05) is 56.3 Å². The van der Waals surface area contributed by atoms with E-state index in [-0.39, 0.29) is 29.2 Å². The predicted octanol–water partition coefficient (Wildman–Crippen LogP) is 2.66. The molecule has 1 aliphatic carbocycles. The van der Waals surface area contributed by atoms with Crippen molar-refractivity contribution in [3.63, 3.8) is 0 Å². The van der Waals surface area contributed by atoms with Crippen LogP contribution < -0.4 is 10.6 Å². The highest BCUT2D eigenvalue weighted by Crippen LogP contribution is 2.19. The van der Waals surface area contributed by atoms with Crippen LogP contribution in [0.1, 0.15) is 44.2 Å². The molecule has 0 aliphatic heterocycles. The van der Waals surface area contributed by atoms with E-state index in [4.69, 9.17) is 0 Å². The summed E-state index contributed by atoms with van der Waals surface area (Å²) in [6.45, 7) is 4.45. The van der Waals surface area contributed by atoms with Crippen LogP contribution in [0.5, 0.6) is 0 Å². The first-order valence-corrected chi connectivity index (χ1v) is 13.0. The smallest absolute Gasteiger partial charge is 0.243 e. The van der Waals surface area contributed by atoms with Crippen molar-refractivity contribution in [1.29, 1.82) is 0 Å². The Hall–Kier alpha value is -2.71. The molecule has 3 rings (SSSR count). The second kappa shape index (κ2) is 11.4. The molecule has 0 spiro atoms. The van der Waals surface area contributed by atoms with Gasteiger partial charge in [0.05, 0.1) is 4.90 Å². The highest BCUT2D eigenvalue weighted by molar-refractivity contribution is 7.89. The molecule has 2 N–H and O–H groups in total. The Morgan fingerprint density at radius 1 is 0.970 bits per heavy atom. The summed E-state index contributed by atoms with van der Waals surface area (Å²) < 4.78 is 26.6. The number of carbonyl (C=O) groups excluding carboxylic acids is 2. The molecule has 0 saturated heterocycles. The van der Waals surface area contributed by atoms with Crippen LogP contribution in [-0.4, -0.2) is 49.7 Å². The van der Waals surface area contributed by atoms with Gasteiger partial charge in [0.1, 0.15) is 6.04 Å². The molecule has 1 unspecified atom stereocenters. The van der Waals surface area contributed by atoms with Crippen LogP contribution in [0.3, 0.4) is 0 Å². The SMILES string of the molecule is CCN(CC)S(=O)(=O)c1ccc(CCC(=O)NC(Cc2ccccc2)C(=O)NC2CC2)cc1. The van der Waals surface area contributed by atoms with Crippen LogP contribution in [0, 0.1) is 0 Å². The first kappa shape index (κ1) is 24.9. The van der Waals surface area contributed by atoms with E-state index in [2.05, 4.69) is 10.6 Å². The van der Waals surface area contributed by atoms with Crippen molar-refractivity contribution in [2.45, 2.75) is 62.9 Å². The highest BCUT2D eigenvalue weighted by atomic mass is 32.2. The topological polar surface area (TPSA) is 95.6 Å². The van der Waals surface area contributed by atoms with Crippen molar-refractivity contribution in [3.8, 4) is 0 Å². The van der Waals surface area contributed by atoms with Gasteiger partial charge in [0, 0.05) is 32.0 Å². The number of sulfonamides is 1. The van der Waals surface area contributed by atoms with E-state index >= 15 is 0 Å². The second-order valence-electron chi connectivity index (χ2n) is 8.33. The van der Waals surface area contributed by atoms with Gasteiger partial charge in [-0.25, -0.2) is 8.42 Å². The van der Waals surface area contributed by atoms with Gasteiger partial charge in [0.15, 0.2) is 0 Å². The maximum Gasteiger partial charge on any atom is 0.243 e. The van der Waals surface area contributed by atoms with Crippen molar-refractivity contribution in [1.82, 2.24) is 14.9 Å². The molecule has 178 valence electrons. The summed E-state index contributed by atoms with van der Waals surface area (Å²) >= 11 is 0. The van der Waals surface area contributed by atoms with Crippen LogP contribution in [0.25, 0.3) is 0 Å². The molecule has 8 heteroatoms. The van der Waals surface area contributed by atoms with Gasteiger partial charge in [0.25, 0.3) is 0 Å². The first-order valence-electron chi connectivity index (χ1n) is 11.6. The Bertz CT molecular complexity index is 1030. The van der Waals surface area contributed by atoms with Crippen molar-refractivity contribution in [3.05, 3.63) is 65.7 Å². The van der Waals surface area contributed by atoms with Crippen LogP contribution in [0.2, 0.25) is 0 Å². The molecule has 1 saturated carbocycles. The molecular formula is C25H33N3O4S. The number of carbonyl (C=O) groups is 2. The number of hydrogen-bond donors (Lipinski definition) is 2. The number of hydrogen-bond acceptors (Lipinski definition) is 4. The lowest BCUT2D eigenvalue weighted by Gasteiger charge is -2.19. The quantitative estimate of drug-likeness (QED) is 0.498. The normalized spacial score (nSPS) is 14.6. The minimum absolute atomic E-state index is 0.152. The molecule has 2 amide bonds. The van der Waals surface area contributed by atoms with Crippen molar-refractivity contribution < 1.29 is 18.0 Å². The third kappa shape index (κ3) is 7.14. The minimum Gasteiger partial charge on any atom is -0.352 e. The van der Waals surface area contributed by atoms with E-state index in [0.29, 0.717) is 25.9 Å². The fraction of sp³-hybridized carbons (Fsp3) is 0.440. The summed E-state index contributed by atoms with van der Waals surface area (Å²) in [7, 11) is -3.50. The lowest BCUT2D eigenvalue weighted by molar-refractivity contribution is -0.129. The summed E-state index contributed by atoms with van der Waals surface area (Å²) in [5.41, 5.74) is 1.85. The lowest BCUT2D eigenvalue weighted by Crippen LogP contribution is -2.48. The summed E-state index contributed by atoms with van der Waals surface area (Å²) in [5, 5.41) is 5.86. The first-order chi connectivity index (χ1) is 15.8. The van der Waals surface area contributed by atoms with Gasteiger partial charge < -0.3 is 10.6 Å². The molecule has 1 fully saturated rings. The zero-order valence-corrected chi connectivity index (χ0v) is 20.1. The molecule has 1 atom stereocenters. The number of nitrogens with zero attached hydrogens (tertiary/aromatic N) is 1. The third-order valence-electron chi connectivity index (χ3n) is 5.77. The van der Waals surface area contributed by atoms with Crippen LogP contribution in [0.15, 0.2) is 59.5 Å². The Morgan fingerprint density at radius 3 is 2.18 bits per heavy atom. The van der Waals surface area contributed by atoms with Crippen molar-refractivity contribution >= 4 is 21.8 Å². The molecule has 0 bridgehead atoms. The molecule has 1 aliphatic rings. The predicted molar refractivity (Wildman–Crippen MR) is 128 cm³/mol. The van der Waals surface area contributed by atoms with Gasteiger partial charge in [0.2, 0.25) is 21.8 Å². The van der Waals surface area contributed by atoms with E-state index in [0.717, 1.165) is 24.0 Å². The maximum absolute atomic E-state index is 12.7. The third-order valence-corrected chi connectivity index (χ3v) is 7.83. The Kier molecular flexibility index (Phi) is 8.63. The fourth-order valence-electron chi connectivity index (χ4n) is 3.65. The molecule has 33 heavy (non-hydrogen) atoms. The largest absolute Gasteiger partial charge is 0.352 e. The van der Waals surface area contributed by atoms with E-state index in [9.17, 15) is 18.0 Å². The number of aryl methyl sites for hydroxylation is 1. The van der Waals surface area contributed by atoms with E-state index in [1.807, 2.05) is 44.2 Å². The number of benzene rings is 2. The highest BCUT2D eigenvalue weighted by Gasteiger charge is 2.28. The second-order valence-corrected chi connectivity index (χ2v) is 10.3. The van der Waals surface area contributed by atoms with Gasteiger partial charge in [-0.15, -0.1) is 0 Å². The average Bonchev–Trinajstić information content (AvgIpc) is 3.63. The van der Waals surface area contributed by atoms with E-state index in [1.54, 1.807) is 24.3 Å². The summed E-state index contributed by atoms with van der Waals surface area (Å²) in [4.78, 5) is 25.5. The van der Waals surface area contributed by atoms with Crippen molar-refractivity contribution in [2.24, 2.45) is 0 Å². The fourth-order valence-corrected chi connectivity index (χ4v) is 5.11. The minimum atomic E-state index is -3.50. The molecule has 7 nitrogen and oxygen atoms in total. The lowest BCUT2D eigenvalue weighted by atomic mass is 10.0. The Balaban J connectivity index is 1.58. The Morgan fingerprint density at radius 2 is 1.61 bits per heavy atom. The summed E-state index contributed by atoms with van der Waals surface area (Å²) in [6.07, 6.45) is 3.07. The molecule has 0 aromatic heterocycles. The number of nitrogens with one attached hydrogen (secondary N) is 2. The van der Waals surface area contributed by atoms with E-state index in [1.165, 1.54) is 4.31 Å². The van der Waals surface area contributed by atoms with Gasteiger partial charge >= 0.3 is 0 Å². The van der Waals surface area contributed by atoms with Crippen LogP contribution >= 0.6 is 0 Å². The van der Waals surface area contributed by atoms with Crippen molar-refractivity contribution in [2.75, 3.05) is 13.1 Å². The summed E-state index contributed by atoms with van der Waals surface area (Å²) in [5.74, 6) is -0.359. The summed E-state index contributed by atoms with van der Waals surface area (Å²) in [6, 6.07) is 15.9. The van der Waals surface area contributed by atoms with Crippen LogP contribution in [-0.2, 0) is 32.5 Å². The molecule has 2 aromatic carbocycles. The van der Waals surface area contributed by atoms with E-state index < -0.39 is 16.1 Å². The molecule has 0 radical (unpaired) electrons. The number of rotatable bonds is 12. The average molecular weight is 472 g/mol. The Labute approximate surface area is 196 Å². The monoisotopic (exact) mass is 471 g/mol. The zero-order valence-electron chi connectivity index (χ0n) is 19.3. The van der Waals surface area contributed by atoms with Crippen LogP contribution in [0.4, 0.5) is 0 Å². The maximum atomic E-state index is 12.7. The van der Waals surface area contributed by atoms with Gasteiger partial charge in [-0.05, 0) is 42.5 Å². The number of amides is 2. The molecule has 2 aromatic rings. The molecule has 0 heterocycles. The zero-order chi connectivity index (χ0) is 23.8. The molecular weight excluding hydrogens is 438 g/mol. The standard InChI is InChI=1S/C25H33N3O4S/c1-3-28(4-2)33(31,32)22-15-10-19(11-16-22)12-17-24(29)27-23(25(30)26-21-13-14-21)18-20-8-6-5-7-9-20/h5-11,15-16,21,23H,3-4,12-14,17-18H2,1-2H3,(H,26,30)(H,27,29). The van der Waals surface area contributed by atoms with Gasteiger partial charge in [-0.3, -0.25) is 9.59 Å². The van der Waals surface area contributed by atoms with Gasteiger partial charge in [-0.2, -0.15) is 4.31 Å².